The molecule has 1 atom stereocenters. The maximum Gasteiger partial charge on any atom is 0.261 e. The van der Waals surface area contributed by atoms with Gasteiger partial charge < -0.3 is 10.1 Å². The summed E-state index contributed by atoms with van der Waals surface area (Å²) in [7, 11) is 0. The van der Waals surface area contributed by atoms with E-state index in [0.29, 0.717) is 6.54 Å². The minimum Gasteiger partial charge on any atom is -0.488 e. The first-order valence-electron chi connectivity index (χ1n) is 9.70. The molecule has 5 rings (SSSR count). The number of nitrogens with zero attached hydrogens (tertiary/aromatic N) is 2. The summed E-state index contributed by atoms with van der Waals surface area (Å²) in [6, 6.07) is 6.15. The van der Waals surface area contributed by atoms with Crippen LogP contribution >= 0.6 is 11.3 Å². The molecule has 0 saturated heterocycles. The average Bonchev–Trinajstić information content (AvgIpc) is 3.36. The van der Waals surface area contributed by atoms with E-state index >= 15 is 0 Å². The van der Waals surface area contributed by atoms with Gasteiger partial charge in [0.05, 0.1) is 11.4 Å². The fourth-order valence-corrected chi connectivity index (χ4v) is 5.13. The third kappa shape index (κ3) is 3.29. The SMILES string of the molecule is O=C(NCC1Cc2cc(-c3cncnc3)ccc2O1)c1scc2c1CCCC2. The van der Waals surface area contributed by atoms with E-state index in [-0.39, 0.29) is 12.0 Å². The van der Waals surface area contributed by atoms with E-state index in [0.717, 1.165) is 46.6 Å². The summed E-state index contributed by atoms with van der Waals surface area (Å²) in [4.78, 5) is 21.7. The summed E-state index contributed by atoms with van der Waals surface area (Å²) in [5.41, 5.74) is 5.86. The molecule has 6 heteroatoms. The van der Waals surface area contributed by atoms with Crippen molar-refractivity contribution in [3.63, 3.8) is 0 Å². The number of hydrogen-bond acceptors (Lipinski definition) is 5. The van der Waals surface area contributed by atoms with Gasteiger partial charge in [-0.05, 0) is 65.4 Å². The van der Waals surface area contributed by atoms with Gasteiger partial charge in [0, 0.05) is 24.4 Å². The number of rotatable bonds is 4. The summed E-state index contributed by atoms with van der Waals surface area (Å²) >= 11 is 1.58. The molecule has 1 aliphatic heterocycles. The van der Waals surface area contributed by atoms with Gasteiger partial charge in [-0.3, -0.25) is 4.79 Å². The number of ether oxygens (including phenoxy) is 1. The predicted molar refractivity (Wildman–Crippen MR) is 109 cm³/mol. The van der Waals surface area contributed by atoms with Crippen molar-refractivity contribution < 1.29 is 9.53 Å². The molecule has 0 fully saturated rings. The Labute approximate surface area is 167 Å². The summed E-state index contributed by atoms with van der Waals surface area (Å²) in [6.45, 7) is 0.518. The lowest BCUT2D eigenvalue weighted by molar-refractivity contribution is 0.0936. The summed E-state index contributed by atoms with van der Waals surface area (Å²) in [5, 5.41) is 5.24. The second-order valence-corrected chi connectivity index (χ2v) is 8.26. The maximum atomic E-state index is 12.7. The Hall–Kier alpha value is -2.73. The van der Waals surface area contributed by atoms with Crippen LogP contribution in [0.2, 0.25) is 0 Å². The highest BCUT2D eigenvalue weighted by atomic mass is 32.1. The standard InChI is InChI=1S/C22H21N3O2S/c26-22(21-19-4-2-1-3-15(19)12-28-21)25-11-18-8-16-7-14(5-6-20(16)27-18)17-9-23-13-24-10-17/h5-7,9-10,12-13,18H,1-4,8,11H2,(H,25,26). The molecule has 3 heterocycles. The molecule has 142 valence electrons. The Balaban J connectivity index is 1.24. The van der Waals surface area contributed by atoms with E-state index in [2.05, 4.69) is 26.7 Å². The first kappa shape index (κ1) is 17.4. The molecule has 0 bridgehead atoms. The van der Waals surface area contributed by atoms with Gasteiger partial charge in [-0.25, -0.2) is 9.97 Å². The fourth-order valence-electron chi connectivity index (χ4n) is 4.06. The quantitative estimate of drug-likeness (QED) is 0.734. The Kier molecular flexibility index (Phi) is 4.56. The van der Waals surface area contributed by atoms with Crippen molar-refractivity contribution in [1.82, 2.24) is 15.3 Å². The van der Waals surface area contributed by atoms with Gasteiger partial charge in [-0.1, -0.05) is 6.07 Å². The Morgan fingerprint density at radius 3 is 2.89 bits per heavy atom. The predicted octanol–water partition coefficient (Wildman–Crippen LogP) is 3.82. The molecule has 0 saturated carbocycles. The number of benzene rings is 1. The highest BCUT2D eigenvalue weighted by Gasteiger charge is 2.25. The van der Waals surface area contributed by atoms with E-state index in [1.807, 2.05) is 24.5 Å². The molecule has 1 unspecified atom stereocenters. The summed E-state index contributed by atoms with van der Waals surface area (Å²) in [5.74, 6) is 0.934. The second-order valence-electron chi connectivity index (χ2n) is 7.38. The van der Waals surface area contributed by atoms with E-state index in [9.17, 15) is 4.79 Å². The van der Waals surface area contributed by atoms with Gasteiger partial charge in [0.25, 0.3) is 5.91 Å². The number of hydrogen-bond donors (Lipinski definition) is 1. The largest absolute Gasteiger partial charge is 0.488 e. The van der Waals surface area contributed by atoms with E-state index in [1.54, 1.807) is 11.3 Å². The van der Waals surface area contributed by atoms with Crippen molar-refractivity contribution in [3.8, 4) is 16.9 Å². The van der Waals surface area contributed by atoms with Crippen LogP contribution in [0.1, 0.15) is 39.2 Å². The lowest BCUT2D eigenvalue weighted by Crippen LogP contribution is -2.34. The first-order chi connectivity index (χ1) is 13.8. The molecular formula is C22H21N3O2S. The van der Waals surface area contributed by atoms with Crippen molar-refractivity contribution in [1.29, 1.82) is 0 Å². The lowest BCUT2D eigenvalue weighted by atomic mass is 9.94. The van der Waals surface area contributed by atoms with Crippen molar-refractivity contribution in [2.24, 2.45) is 0 Å². The Bertz CT molecular complexity index is 1020. The van der Waals surface area contributed by atoms with Crippen molar-refractivity contribution in [3.05, 3.63) is 63.9 Å². The Morgan fingerprint density at radius 1 is 1.14 bits per heavy atom. The van der Waals surface area contributed by atoms with Gasteiger partial charge in [0.15, 0.2) is 0 Å². The average molecular weight is 391 g/mol. The molecule has 1 aliphatic carbocycles. The number of fused-ring (bicyclic) bond motifs is 2. The highest BCUT2D eigenvalue weighted by molar-refractivity contribution is 7.12. The van der Waals surface area contributed by atoms with Crippen LogP contribution in [0.15, 0.2) is 42.3 Å². The van der Waals surface area contributed by atoms with E-state index in [4.69, 9.17) is 4.74 Å². The molecule has 2 aromatic heterocycles. The first-order valence-corrected chi connectivity index (χ1v) is 10.6. The van der Waals surface area contributed by atoms with E-state index in [1.165, 1.54) is 30.3 Å². The second kappa shape index (κ2) is 7.36. The smallest absolute Gasteiger partial charge is 0.261 e. The molecule has 1 amide bonds. The maximum absolute atomic E-state index is 12.7. The van der Waals surface area contributed by atoms with Gasteiger partial charge in [-0.15, -0.1) is 11.3 Å². The number of amides is 1. The summed E-state index contributed by atoms with van der Waals surface area (Å²) < 4.78 is 6.04. The lowest BCUT2D eigenvalue weighted by Gasteiger charge is -2.14. The van der Waals surface area contributed by atoms with E-state index < -0.39 is 0 Å². The third-order valence-corrected chi connectivity index (χ3v) is 6.57. The Morgan fingerprint density at radius 2 is 2.00 bits per heavy atom. The van der Waals surface area contributed by atoms with Crippen LogP contribution < -0.4 is 10.1 Å². The molecule has 1 aromatic carbocycles. The van der Waals surface area contributed by atoms with Crippen molar-refractivity contribution in [2.75, 3.05) is 6.54 Å². The zero-order valence-corrected chi connectivity index (χ0v) is 16.3. The van der Waals surface area contributed by atoms with Crippen molar-refractivity contribution >= 4 is 17.2 Å². The molecule has 2 aliphatic rings. The molecule has 1 N–H and O–H groups in total. The monoisotopic (exact) mass is 391 g/mol. The van der Waals surface area contributed by atoms with Crippen molar-refractivity contribution in [2.45, 2.75) is 38.2 Å². The third-order valence-electron chi connectivity index (χ3n) is 5.50. The zero-order valence-electron chi connectivity index (χ0n) is 15.5. The highest BCUT2D eigenvalue weighted by Crippen LogP contribution is 2.33. The van der Waals surface area contributed by atoms with Crippen LogP contribution in [-0.4, -0.2) is 28.5 Å². The van der Waals surface area contributed by atoms with Gasteiger partial charge in [-0.2, -0.15) is 0 Å². The molecule has 28 heavy (non-hydrogen) atoms. The normalized spacial score (nSPS) is 17.5. The number of carbonyl (C=O) groups is 1. The fraction of sp³-hybridized carbons (Fsp3) is 0.318. The number of nitrogens with one attached hydrogen (secondary N) is 1. The van der Waals surface area contributed by atoms with Gasteiger partial charge in [0.2, 0.25) is 0 Å². The molecule has 3 aromatic rings. The zero-order chi connectivity index (χ0) is 18.9. The number of carbonyl (C=O) groups excluding carboxylic acids is 1. The molecule has 0 radical (unpaired) electrons. The minimum absolute atomic E-state index is 0.0305. The summed E-state index contributed by atoms with van der Waals surface area (Å²) in [6.07, 6.45) is 10.5. The van der Waals surface area contributed by atoms with Crippen LogP contribution in [0.3, 0.4) is 0 Å². The topological polar surface area (TPSA) is 64.1 Å². The van der Waals surface area contributed by atoms with Crippen LogP contribution in [-0.2, 0) is 19.3 Å². The minimum atomic E-state index is -0.0305. The molecule has 5 nitrogen and oxygen atoms in total. The van der Waals surface area contributed by atoms with Crippen LogP contribution in [0.5, 0.6) is 5.75 Å². The van der Waals surface area contributed by atoms with Crippen LogP contribution in [0, 0.1) is 0 Å². The van der Waals surface area contributed by atoms with Gasteiger partial charge in [0.1, 0.15) is 18.2 Å². The number of aromatic nitrogens is 2. The molecular weight excluding hydrogens is 370 g/mol. The van der Waals surface area contributed by atoms with Gasteiger partial charge >= 0.3 is 0 Å². The number of aryl methyl sites for hydroxylation is 1. The van der Waals surface area contributed by atoms with Crippen LogP contribution in [0.4, 0.5) is 0 Å². The van der Waals surface area contributed by atoms with Crippen LogP contribution in [0.25, 0.3) is 11.1 Å². The number of thiophene rings is 1. The molecule has 0 spiro atoms.